The highest BCUT2D eigenvalue weighted by molar-refractivity contribution is 9.10. The average molecular weight is 511 g/mol. The lowest BCUT2D eigenvalue weighted by Crippen LogP contribution is -2.24. The summed E-state index contributed by atoms with van der Waals surface area (Å²) in [5.74, 6) is 0.683. The Labute approximate surface area is 199 Å². The van der Waals surface area contributed by atoms with Gasteiger partial charge in [-0.2, -0.15) is 9.61 Å². The molecule has 1 amide bonds. The summed E-state index contributed by atoms with van der Waals surface area (Å²) in [6.07, 6.45) is 5.81. The van der Waals surface area contributed by atoms with Gasteiger partial charge in [0.2, 0.25) is 5.91 Å². The summed E-state index contributed by atoms with van der Waals surface area (Å²) in [6, 6.07) is 19.3. The number of benzene rings is 2. The molecular weight excluding hydrogens is 490 g/mol. The Morgan fingerprint density at radius 2 is 1.88 bits per heavy atom. The third-order valence-electron chi connectivity index (χ3n) is 4.76. The second kappa shape index (κ2) is 10.4. The van der Waals surface area contributed by atoms with Crippen molar-refractivity contribution in [3.63, 3.8) is 0 Å². The predicted octanol–water partition coefficient (Wildman–Crippen LogP) is 5.44. The number of rotatable bonds is 8. The van der Waals surface area contributed by atoms with Crippen LogP contribution in [0.25, 0.3) is 23.0 Å². The molecule has 0 fully saturated rings. The Hall–Kier alpha value is -3.16. The number of fused-ring (bicyclic) bond motifs is 1. The fourth-order valence-corrected chi connectivity index (χ4v) is 3.76. The van der Waals surface area contributed by atoms with E-state index in [4.69, 9.17) is 16.6 Å². The Morgan fingerprint density at radius 1 is 1.09 bits per heavy atom. The van der Waals surface area contributed by atoms with Crippen molar-refractivity contribution in [3.8, 4) is 11.3 Å². The molecule has 0 spiro atoms. The van der Waals surface area contributed by atoms with E-state index in [1.54, 1.807) is 22.9 Å². The molecule has 2 aromatic heterocycles. The van der Waals surface area contributed by atoms with Crippen molar-refractivity contribution in [2.75, 3.05) is 18.4 Å². The number of anilines is 1. The van der Waals surface area contributed by atoms with Crippen molar-refractivity contribution in [1.82, 2.24) is 19.9 Å². The number of nitrogens with zero attached hydrogens (tertiary/aromatic N) is 3. The van der Waals surface area contributed by atoms with Crippen LogP contribution < -0.4 is 10.6 Å². The first-order valence-corrected chi connectivity index (χ1v) is 11.3. The molecule has 162 valence electrons. The number of carbonyl (C=O) groups excluding carboxylic acids is 1. The molecule has 8 heteroatoms. The monoisotopic (exact) mass is 509 g/mol. The lowest BCUT2D eigenvalue weighted by Gasteiger charge is -2.11. The molecular formula is C24H21BrClN5O. The van der Waals surface area contributed by atoms with Crippen molar-refractivity contribution in [1.29, 1.82) is 0 Å². The van der Waals surface area contributed by atoms with Gasteiger partial charge in [-0.25, -0.2) is 4.98 Å². The number of amides is 1. The Kier molecular flexibility index (Phi) is 7.19. The quantitative estimate of drug-likeness (QED) is 0.244. The Balaban J connectivity index is 1.37. The van der Waals surface area contributed by atoms with Crippen LogP contribution in [0.3, 0.4) is 0 Å². The lowest BCUT2D eigenvalue weighted by molar-refractivity contribution is -0.116. The zero-order chi connectivity index (χ0) is 22.3. The van der Waals surface area contributed by atoms with E-state index >= 15 is 0 Å². The van der Waals surface area contributed by atoms with Crippen molar-refractivity contribution in [2.45, 2.75) is 6.42 Å². The van der Waals surface area contributed by atoms with Crippen LogP contribution in [0, 0.1) is 0 Å². The summed E-state index contributed by atoms with van der Waals surface area (Å²) in [5.41, 5.74) is 3.30. The zero-order valence-electron chi connectivity index (χ0n) is 17.1. The molecule has 0 bridgehead atoms. The van der Waals surface area contributed by atoms with Crippen LogP contribution in [0.15, 0.2) is 77.4 Å². The van der Waals surface area contributed by atoms with Crippen LogP contribution in [0.5, 0.6) is 0 Å². The van der Waals surface area contributed by atoms with Gasteiger partial charge in [0.15, 0.2) is 5.65 Å². The van der Waals surface area contributed by atoms with Crippen LogP contribution in [-0.2, 0) is 4.79 Å². The van der Waals surface area contributed by atoms with E-state index in [-0.39, 0.29) is 5.91 Å². The maximum absolute atomic E-state index is 12.0. The van der Waals surface area contributed by atoms with E-state index in [9.17, 15) is 4.79 Å². The standard InChI is InChI=1S/C24H21BrClN5O/c25-19-16-29-31-22(15-21(30-24(19)31)18-9-4-5-10-20(18)26)27-13-6-14-28-23(32)12-11-17-7-2-1-3-8-17/h1-5,7-12,15-16,27H,6,13-14H2,(H,28,32)/b12-11+. The number of aromatic nitrogens is 3. The van der Waals surface area contributed by atoms with Gasteiger partial charge in [0, 0.05) is 35.8 Å². The van der Waals surface area contributed by atoms with Crippen molar-refractivity contribution in [2.24, 2.45) is 0 Å². The van der Waals surface area contributed by atoms with Crippen LogP contribution in [0.2, 0.25) is 5.02 Å². The van der Waals surface area contributed by atoms with E-state index < -0.39 is 0 Å². The van der Waals surface area contributed by atoms with Gasteiger partial charge in [-0.1, -0.05) is 60.1 Å². The number of carbonyl (C=O) groups is 1. The van der Waals surface area contributed by atoms with Gasteiger partial charge in [-0.15, -0.1) is 0 Å². The number of halogens is 2. The lowest BCUT2D eigenvalue weighted by atomic mass is 10.1. The second-order valence-corrected chi connectivity index (χ2v) is 8.31. The normalized spacial score (nSPS) is 11.2. The molecule has 0 saturated heterocycles. The van der Waals surface area contributed by atoms with Crippen LogP contribution in [0.1, 0.15) is 12.0 Å². The molecule has 4 rings (SSSR count). The predicted molar refractivity (Wildman–Crippen MR) is 133 cm³/mol. The third-order valence-corrected chi connectivity index (χ3v) is 5.65. The smallest absolute Gasteiger partial charge is 0.244 e. The van der Waals surface area contributed by atoms with Crippen molar-refractivity contribution in [3.05, 3.63) is 88.0 Å². The molecule has 4 aromatic rings. The first kappa shape index (κ1) is 22.0. The minimum atomic E-state index is -0.114. The zero-order valence-corrected chi connectivity index (χ0v) is 19.5. The highest BCUT2D eigenvalue weighted by Crippen LogP contribution is 2.30. The highest BCUT2D eigenvalue weighted by Gasteiger charge is 2.13. The molecule has 0 aliphatic heterocycles. The summed E-state index contributed by atoms with van der Waals surface area (Å²) in [5, 5.41) is 11.3. The summed E-state index contributed by atoms with van der Waals surface area (Å²) in [4.78, 5) is 16.7. The van der Waals surface area contributed by atoms with Gasteiger partial charge in [-0.3, -0.25) is 4.79 Å². The first-order chi connectivity index (χ1) is 15.6. The van der Waals surface area contributed by atoms with Gasteiger partial charge in [0.25, 0.3) is 0 Å². The molecule has 32 heavy (non-hydrogen) atoms. The minimum absolute atomic E-state index is 0.114. The highest BCUT2D eigenvalue weighted by atomic mass is 79.9. The molecule has 0 aliphatic carbocycles. The summed E-state index contributed by atoms with van der Waals surface area (Å²) in [6.45, 7) is 1.21. The van der Waals surface area contributed by atoms with Gasteiger partial charge in [-0.05, 0) is 40.1 Å². The minimum Gasteiger partial charge on any atom is -0.370 e. The van der Waals surface area contributed by atoms with Crippen molar-refractivity contribution < 1.29 is 4.79 Å². The summed E-state index contributed by atoms with van der Waals surface area (Å²) >= 11 is 9.88. The third kappa shape index (κ3) is 5.36. The van der Waals surface area contributed by atoms with Gasteiger partial charge in [0.1, 0.15) is 5.82 Å². The van der Waals surface area contributed by atoms with E-state index in [0.29, 0.717) is 23.8 Å². The molecule has 2 aromatic carbocycles. The Bertz CT molecular complexity index is 1260. The number of hydrogen-bond donors (Lipinski definition) is 2. The molecule has 0 radical (unpaired) electrons. The first-order valence-electron chi connectivity index (χ1n) is 10.2. The van der Waals surface area contributed by atoms with E-state index in [1.807, 2.05) is 60.7 Å². The number of hydrogen-bond acceptors (Lipinski definition) is 4. The van der Waals surface area contributed by atoms with Crippen LogP contribution in [0.4, 0.5) is 5.82 Å². The van der Waals surface area contributed by atoms with E-state index in [2.05, 4.69) is 31.7 Å². The van der Waals surface area contributed by atoms with Gasteiger partial charge >= 0.3 is 0 Å². The van der Waals surface area contributed by atoms with E-state index in [0.717, 1.165) is 33.5 Å². The van der Waals surface area contributed by atoms with Crippen molar-refractivity contribution >= 4 is 51.0 Å². The Morgan fingerprint density at radius 3 is 2.69 bits per heavy atom. The van der Waals surface area contributed by atoms with Crippen LogP contribution in [-0.4, -0.2) is 33.6 Å². The molecule has 2 heterocycles. The second-order valence-electron chi connectivity index (χ2n) is 7.05. The molecule has 2 N–H and O–H groups in total. The van der Waals surface area contributed by atoms with Crippen LogP contribution >= 0.6 is 27.5 Å². The molecule has 0 saturated carbocycles. The summed E-state index contributed by atoms with van der Waals surface area (Å²) < 4.78 is 2.54. The number of nitrogens with one attached hydrogen (secondary N) is 2. The fraction of sp³-hybridized carbons (Fsp3) is 0.125. The van der Waals surface area contributed by atoms with Gasteiger partial charge in [0.05, 0.1) is 16.4 Å². The largest absolute Gasteiger partial charge is 0.370 e. The topological polar surface area (TPSA) is 71.3 Å². The molecule has 0 aliphatic rings. The SMILES string of the molecule is O=C(/C=C/c1ccccc1)NCCCNc1cc(-c2ccccc2Cl)nc2c(Br)cnn12. The molecule has 0 atom stereocenters. The molecule has 0 unspecified atom stereocenters. The maximum atomic E-state index is 12.0. The summed E-state index contributed by atoms with van der Waals surface area (Å²) in [7, 11) is 0. The van der Waals surface area contributed by atoms with Gasteiger partial charge < -0.3 is 10.6 Å². The fourth-order valence-electron chi connectivity index (χ4n) is 3.18. The molecule has 6 nitrogen and oxygen atoms in total. The average Bonchev–Trinajstić information content (AvgIpc) is 3.19. The van der Waals surface area contributed by atoms with E-state index in [1.165, 1.54) is 0 Å². The maximum Gasteiger partial charge on any atom is 0.244 e.